The Morgan fingerprint density at radius 1 is 1.15 bits per heavy atom. The maximum atomic E-state index is 12.6. The summed E-state index contributed by atoms with van der Waals surface area (Å²) in [6.07, 6.45) is 3.15. The molecule has 2 saturated heterocycles. The topological polar surface area (TPSA) is 84.9 Å². The van der Waals surface area contributed by atoms with E-state index in [2.05, 4.69) is 5.32 Å². The molecule has 2 aliphatic rings. The quantitative estimate of drug-likeness (QED) is 0.759. The second-order valence-corrected chi connectivity index (χ2v) is 8.54. The summed E-state index contributed by atoms with van der Waals surface area (Å²) in [6, 6.07) is 6.79. The molecule has 0 saturated carbocycles. The summed E-state index contributed by atoms with van der Waals surface area (Å²) in [4.78, 5) is 12.2. The van der Waals surface area contributed by atoms with Gasteiger partial charge in [0.15, 0.2) is 0 Å². The number of carbonyl (C=O) groups excluding carboxylic acids is 1. The average molecular weight is 382 g/mol. The van der Waals surface area contributed by atoms with Crippen LogP contribution in [0.4, 0.5) is 0 Å². The minimum Gasteiger partial charge on any atom is -0.379 e. The molecule has 0 aliphatic carbocycles. The third-order valence-corrected chi connectivity index (χ3v) is 6.64. The second-order valence-electron chi connectivity index (χ2n) is 6.60. The van der Waals surface area contributed by atoms with Gasteiger partial charge in [-0.15, -0.1) is 0 Å². The molecule has 8 heteroatoms. The van der Waals surface area contributed by atoms with Crippen LogP contribution >= 0.6 is 0 Å². The van der Waals surface area contributed by atoms with E-state index >= 15 is 0 Å². The van der Waals surface area contributed by atoms with Gasteiger partial charge in [-0.25, -0.2) is 8.42 Å². The van der Waals surface area contributed by atoms with Gasteiger partial charge in [0, 0.05) is 32.7 Å². The van der Waals surface area contributed by atoms with Gasteiger partial charge in [-0.2, -0.15) is 4.31 Å². The van der Waals surface area contributed by atoms with Crippen LogP contribution < -0.4 is 5.32 Å². The highest BCUT2D eigenvalue weighted by Gasteiger charge is 2.26. The first-order chi connectivity index (χ1) is 12.6. The average Bonchev–Trinajstić information content (AvgIpc) is 3.19. The second kappa shape index (κ2) is 8.94. The maximum absolute atomic E-state index is 12.6. The lowest BCUT2D eigenvalue weighted by Gasteiger charge is -2.26. The van der Waals surface area contributed by atoms with E-state index in [-0.39, 0.29) is 16.9 Å². The molecule has 26 heavy (non-hydrogen) atoms. The van der Waals surface area contributed by atoms with Gasteiger partial charge in [0.05, 0.1) is 24.2 Å². The van der Waals surface area contributed by atoms with E-state index in [1.54, 1.807) is 24.3 Å². The number of hydrogen-bond acceptors (Lipinski definition) is 5. The van der Waals surface area contributed by atoms with Crippen molar-refractivity contribution in [3.8, 4) is 0 Å². The van der Waals surface area contributed by atoms with Crippen molar-refractivity contribution in [3.63, 3.8) is 0 Å². The van der Waals surface area contributed by atoms with Crippen molar-refractivity contribution in [2.45, 2.75) is 36.7 Å². The molecular weight excluding hydrogens is 356 g/mol. The van der Waals surface area contributed by atoms with Crippen molar-refractivity contribution < 1.29 is 22.7 Å². The molecule has 2 heterocycles. The highest BCUT2D eigenvalue weighted by molar-refractivity contribution is 7.89. The highest BCUT2D eigenvalue weighted by atomic mass is 32.2. The van der Waals surface area contributed by atoms with Crippen LogP contribution in [-0.2, 0) is 30.7 Å². The zero-order valence-electron chi connectivity index (χ0n) is 14.9. The molecule has 2 aliphatic heterocycles. The number of aryl methyl sites for hydroxylation is 1. The summed E-state index contributed by atoms with van der Waals surface area (Å²) in [5.41, 5.74) is 0.943. The van der Waals surface area contributed by atoms with E-state index < -0.39 is 10.0 Å². The van der Waals surface area contributed by atoms with Crippen LogP contribution in [0.1, 0.15) is 24.8 Å². The SMILES string of the molecule is O=C(CCc1ccc(S(=O)(=O)N2CCOCC2)cc1)NC[C@@H]1CCCO1. The number of carbonyl (C=O) groups is 1. The third-order valence-electron chi connectivity index (χ3n) is 4.72. The van der Waals surface area contributed by atoms with Crippen molar-refractivity contribution in [1.82, 2.24) is 9.62 Å². The summed E-state index contributed by atoms with van der Waals surface area (Å²) in [7, 11) is -3.47. The lowest BCUT2D eigenvalue weighted by molar-refractivity contribution is -0.121. The molecule has 7 nitrogen and oxygen atoms in total. The molecule has 1 aromatic carbocycles. The van der Waals surface area contributed by atoms with E-state index in [9.17, 15) is 13.2 Å². The monoisotopic (exact) mass is 382 g/mol. The Balaban J connectivity index is 1.48. The first-order valence-corrected chi connectivity index (χ1v) is 10.5. The molecule has 0 unspecified atom stereocenters. The number of nitrogens with zero attached hydrogens (tertiary/aromatic N) is 1. The molecule has 0 bridgehead atoms. The van der Waals surface area contributed by atoms with Gasteiger partial charge in [0.25, 0.3) is 0 Å². The number of hydrogen-bond donors (Lipinski definition) is 1. The number of rotatable bonds is 7. The van der Waals surface area contributed by atoms with Crippen LogP contribution in [-0.4, -0.2) is 64.2 Å². The van der Waals surface area contributed by atoms with Crippen molar-refractivity contribution >= 4 is 15.9 Å². The fourth-order valence-corrected chi connectivity index (χ4v) is 4.55. The summed E-state index contributed by atoms with van der Waals surface area (Å²) < 4.78 is 37.3. The zero-order valence-corrected chi connectivity index (χ0v) is 15.7. The lowest BCUT2D eigenvalue weighted by atomic mass is 10.1. The highest BCUT2D eigenvalue weighted by Crippen LogP contribution is 2.18. The Bertz CT molecular complexity index is 693. The van der Waals surface area contributed by atoms with Crippen molar-refractivity contribution in [1.29, 1.82) is 0 Å². The van der Waals surface area contributed by atoms with Crippen LogP contribution in [0.3, 0.4) is 0 Å². The largest absolute Gasteiger partial charge is 0.379 e. The Morgan fingerprint density at radius 2 is 1.88 bits per heavy atom. The van der Waals surface area contributed by atoms with Crippen molar-refractivity contribution in [2.24, 2.45) is 0 Å². The predicted octanol–water partition coefficient (Wildman–Crippen LogP) is 0.935. The van der Waals surface area contributed by atoms with E-state index in [4.69, 9.17) is 9.47 Å². The van der Waals surface area contributed by atoms with Crippen LogP contribution in [0.15, 0.2) is 29.2 Å². The van der Waals surface area contributed by atoms with E-state index in [1.807, 2.05) is 0 Å². The number of morpholine rings is 1. The van der Waals surface area contributed by atoms with Gasteiger partial charge < -0.3 is 14.8 Å². The molecule has 0 radical (unpaired) electrons. The maximum Gasteiger partial charge on any atom is 0.243 e. The van der Waals surface area contributed by atoms with Crippen LogP contribution in [0.25, 0.3) is 0 Å². The molecule has 1 atom stereocenters. The van der Waals surface area contributed by atoms with Gasteiger partial charge in [0.2, 0.25) is 15.9 Å². The van der Waals surface area contributed by atoms with E-state index in [1.165, 1.54) is 4.31 Å². The Labute approximate surface area is 154 Å². The molecule has 1 aromatic rings. The molecule has 1 amide bonds. The summed E-state index contributed by atoms with van der Waals surface area (Å²) in [6.45, 7) is 2.97. The molecule has 144 valence electrons. The van der Waals surface area contributed by atoms with Gasteiger partial charge in [-0.1, -0.05) is 12.1 Å². The summed E-state index contributed by atoms with van der Waals surface area (Å²) >= 11 is 0. The van der Waals surface area contributed by atoms with Crippen LogP contribution in [0.5, 0.6) is 0 Å². The number of nitrogens with one attached hydrogen (secondary N) is 1. The smallest absolute Gasteiger partial charge is 0.243 e. The minimum absolute atomic E-state index is 0.00878. The molecule has 2 fully saturated rings. The Kier molecular flexibility index (Phi) is 6.63. The molecule has 0 aromatic heterocycles. The number of amides is 1. The summed E-state index contributed by atoms with van der Waals surface area (Å²) in [5.74, 6) is -0.00878. The molecule has 0 spiro atoms. The fourth-order valence-electron chi connectivity index (χ4n) is 3.14. The summed E-state index contributed by atoms with van der Waals surface area (Å²) in [5, 5.41) is 2.90. The predicted molar refractivity (Wildman–Crippen MR) is 96.3 cm³/mol. The first-order valence-electron chi connectivity index (χ1n) is 9.11. The number of benzene rings is 1. The Hall–Kier alpha value is -1.48. The lowest BCUT2D eigenvalue weighted by Crippen LogP contribution is -2.40. The first kappa shape index (κ1) is 19.3. The number of ether oxygens (including phenoxy) is 2. The fraction of sp³-hybridized carbons (Fsp3) is 0.611. The zero-order chi connectivity index (χ0) is 18.4. The minimum atomic E-state index is -3.47. The standard InChI is InChI=1S/C18H26N2O5S/c21-18(19-14-16-2-1-11-25-16)8-5-15-3-6-17(7-4-15)26(22,23)20-9-12-24-13-10-20/h3-4,6-7,16H,1-2,5,8-14H2,(H,19,21)/t16-/m0/s1. The van der Waals surface area contributed by atoms with Crippen LogP contribution in [0, 0.1) is 0 Å². The third kappa shape index (κ3) is 5.03. The Morgan fingerprint density at radius 3 is 2.54 bits per heavy atom. The van der Waals surface area contributed by atoms with E-state index in [0.29, 0.717) is 45.7 Å². The van der Waals surface area contributed by atoms with Gasteiger partial charge in [0.1, 0.15) is 0 Å². The van der Waals surface area contributed by atoms with Gasteiger partial charge in [-0.05, 0) is 37.0 Å². The van der Waals surface area contributed by atoms with Crippen molar-refractivity contribution in [2.75, 3.05) is 39.5 Å². The van der Waals surface area contributed by atoms with Gasteiger partial charge in [-0.3, -0.25) is 4.79 Å². The van der Waals surface area contributed by atoms with Crippen molar-refractivity contribution in [3.05, 3.63) is 29.8 Å². The van der Waals surface area contributed by atoms with Crippen LogP contribution in [0.2, 0.25) is 0 Å². The normalized spacial score (nSPS) is 21.6. The van der Waals surface area contributed by atoms with Gasteiger partial charge >= 0.3 is 0 Å². The molecule has 3 rings (SSSR count). The molecule has 1 N–H and O–H groups in total. The number of sulfonamides is 1. The van der Waals surface area contributed by atoms with E-state index in [0.717, 1.165) is 25.0 Å². The molecular formula is C18H26N2O5S.